The van der Waals surface area contributed by atoms with Crippen LogP contribution in [-0.2, 0) is 4.79 Å². The second-order valence-corrected chi connectivity index (χ2v) is 3.80. The van der Waals surface area contributed by atoms with Crippen molar-refractivity contribution in [2.45, 2.75) is 19.4 Å². The van der Waals surface area contributed by atoms with Crippen LogP contribution in [0.3, 0.4) is 0 Å². The molecule has 1 rings (SSSR count). The van der Waals surface area contributed by atoms with Crippen LogP contribution in [0.4, 0.5) is 0 Å². The van der Waals surface area contributed by atoms with Crippen LogP contribution in [0.2, 0.25) is 0 Å². The Bertz CT molecular complexity index is 170. The Hall–Kier alpha value is -0.410. The Morgan fingerprint density at radius 2 is 2.08 bits per heavy atom. The quantitative estimate of drug-likeness (QED) is 0.592. The molecule has 0 radical (unpaired) electrons. The topological polar surface area (TPSA) is 23.6 Å². The number of piperazine rings is 1. The predicted molar refractivity (Wildman–Crippen MR) is 49.2 cm³/mol. The summed E-state index contributed by atoms with van der Waals surface area (Å²) in [6.07, 6.45) is 0.695. The van der Waals surface area contributed by atoms with Crippen LogP contribution in [0.1, 0.15) is 13.3 Å². The summed E-state index contributed by atoms with van der Waals surface area (Å²) in [5.41, 5.74) is 0. The molecule has 1 fully saturated rings. The van der Waals surface area contributed by atoms with Gasteiger partial charge in [0.1, 0.15) is 5.78 Å². The van der Waals surface area contributed by atoms with Gasteiger partial charge in [-0.2, -0.15) is 0 Å². The lowest BCUT2D eigenvalue weighted by molar-refractivity contribution is -0.118. The fourth-order valence-electron chi connectivity index (χ4n) is 1.65. The fraction of sp³-hybridized carbons (Fsp3) is 0.889. The number of carbonyl (C=O) groups excluding carboxylic acids is 1. The summed E-state index contributed by atoms with van der Waals surface area (Å²) in [5, 5.41) is 0. The number of ketones is 1. The van der Waals surface area contributed by atoms with Crippen molar-refractivity contribution in [2.75, 3.05) is 33.7 Å². The van der Waals surface area contributed by atoms with Gasteiger partial charge in [-0.25, -0.2) is 0 Å². The minimum atomic E-state index is 0.294. The van der Waals surface area contributed by atoms with Crippen molar-refractivity contribution in [3.63, 3.8) is 0 Å². The number of nitrogens with zero attached hydrogens (tertiary/aromatic N) is 2. The first kappa shape index (κ1) is 9.68. The molecule has 1 saturated heterocycles. The van der Waals surface area contributed by atoms with Crippen molar-refractivity contribution in [1.29, 1.82) is 0 Å². The minimum Gasteiger partial charge on any atom is -0.304 e. The Balaban J connectivity index is 2.43. The number of Topliss-reactive ketones (excluding diaryl/α,β-unsaturated/α-hetero) is 1. The van der Waals surface area contributed by atoms with E-state index < -0.39 is 0 Å². The molecule has 12 heavy (non-hydrogen) atoms. The van der Waals surface area contributed by atoms with Gasteiger partial charge in [0, 0.05) is 32.1 Å². The molecule has 70 valence electrons. The molecule has 0 aromatic heterocycles. The molecular formula is C9H18N2O. The van der Waals surface area contributed by atoms with Crippen LogP contribution in [-0.4, -0.2) is 55.4 Å². The zero-order chi connectivity index (χ0) is 9.14. The summed E-state index contributed by atoms with van der Waals surface area (Å²) < 4.78 is 0. The van der Waals surface area contributed by atoms with Crippen molar-refractivity contribution >= 4 is 5.78 Å². The van der Waals surface area contributed by atoms with Gasteiger partial charge in [-0.05, 0) is 21.0 Å². The maximum atomic E-state index is 10.9. The highest BCUT2D eigenvalue weighted by molar-refractivity contribution is 5.76. The van der Waals surface area contributed by atoms with Gasteiger partial charge in [0.2, 0.25) is 0 Å². The van der Waals surface area contributed by atoms with Gasteiger partial charge in [-0.3, -0.25) is 4.79 Å². The van der Waals surface area contributed by atoms with E-state index in [0.29, 0.717) is 18.2 Å². The summed E-state index contributed by atoms with van der Waals surface area (Å²) in [6.45, 7) is 4.89. The molecule has 1 heterocycles. The molecular weight excluding hydrogens is 152 g/mol. The number of carbonyl (C=O) groups is 1. The van der Waals surface area contributed by atoms with E-state index in [1.54, 1.807) is 6.92 Å². The summed E-state index contributed by atoms with van der Waals surface area (Å²) in [7, 11) is 4.21. The summed E-state index contributed by atoms with van der Waals surface area (Å²) in [5.74, 6) is 0.294. The highest BCUT2D eigenvalue weighted by Crippen LogP contribution is 2.09. The lowest BCUT2D eigenvalue weighted by Crippen LogP contribution is -2.50. The molecule has 0 saturated carbocycles. The normalized spacial score (nSPS) is 27.4. The Morgan fingerprint density at radius 1 is 1.42 bits per heavy atom. The standard InChI is InChI=1S/C9H18N2O/c1-8(12)6-9-7-10(2)4-5-11(9)3/h9H,4-7H2,1-3H3. The van der Waals surface area contributed by atoms with Crippen molar-refractivity contribution < 1.29 is 4.79 Å². The van der Waals surface area contributed by atoms with E-state index in [0.717, 1.165) is 19.6 Å². The maximum absolute atomic E-state index is 10.9. The van der Waals surface area contributed by atoms with Gasteiger partial charge < -0.3 is 9.80 Å². The predicted octanol–water partition coefficient (Wildman–Crippen LogP) is 0.211. The molecule has 0 aromatic carbocycles. The number of rotatable bonds is 2. The van der Waals surface area contributed by atoms with Gasteiger partial charge >= 0.3 is 0 Å². The Kier molecular flexibility index (Phi) is 3.23. The van der Waals surface area contributed by atoms with Crippen LogP contribution in [0.5, 0.6) is 0 Å². The molecule has 0 N–H and O–H groups in total. The Labute approximate surface area is 74.3 Å². The lowest BCUT2D eigenvalue weighted by Gasteiger charge is -2.37. The molecule has 0 aromatic rings. The third-order valence-corrected chi connectivity index (χ3v) is 2.50. The second-order valence-electron chi connectivity index (χ2n) is 3.80. The van der Waals surface area contributed by atoms with Crippen LogP contribution in [0, 0.1) is 0 Å². The zero-order valence-corrected chi connectivity index (χ0v) is 8.21. The van der Waals surface area contributed by atoms with E-state index in [-0.39, 0.29) is 0 Å². The maximum Gasteiger partial charge on any atom is 0.131 e. The fourth-order valence-corrected chi connectivity index (χ4v) is 1.65. The molecule has 1 unspecified atom stereocenters. The van der Waals surface area contributed by atoms with E-state index in [4.69, 9.17) is 0 Å². The van der Waals surface area contributed by atoms with Crippen LogP contribution in [0.15, 0.2) is 0 Å². The number of hydrogen-bond donors (Lipinski definition) is 0. The third kappa shape index (κ3) is 2.57. The first-order valence-electron chi connectivity index (χ1n) is 4.48. The largest absolute Gasteiger partial charge is 0.304 e. The van der Waals surface area contributed by atoms with E-state index in [1.807, 2.05) is 0 Å². The van der Waals surface area contributed by atoms with Crippen LogP contribution < -0.4 is 0 Å². The number of hydrogen-bond acceptors (Lipinski definition) is 3. The molecule has 0 spiro atoms. The summed E-state index contributed by atoms with van der Waals surface area (Å²) >= 11 is 0. The summed E-state index contributed by atoms with van der Waals surface area (Å²) in [4.78, 5) is 15.5. The molecule has 1 aliphatic heterocycles. The molecule has 3 heteroatoms. The summed E-state index contributed by atoms with van der Waals surface area (Å²) in [6, 6.07) is 0.432. The number of likely N-dealkylation sites (N-methyl/N-ethyl adjacent to an activating group) is 2. The average Bonchev–Trinajstić information content (AvgIpc) is 1.96. The minimum absolute atomic E-state index is 0.294. The Morgan fingerprint density at radius 3 is 2.67 bits per heavy atom. The zero-order valence-electron chi connectivity index (χ0n) is 8.21. The van der Waals surface area contributed by atoms with Gasteiger partial charge in [0.25, 0.3) is 0 Å². The van der Waals surface area contributed by atoms with Gasteiger partial charge in [-0.15, -0.1) is 0 Å². The molecule has 0 bridgehead atoms. The van der Waals surface area contributed by atoms with Crippen LogP contribution >= 0.6 is 0 Å². The van der Waals surface area contributed by atoms with E-state index >= 15 is 0 Å². The third-order valence-electron chi connectivity index (χ3n) is 2.50. The molecule has 3 nitrogen and oxygen atoms in total. The van der Waals surface area contributed by atoms with Crippen molar-refractivity contribution in [2.24, 2.45) is 0 Å². The van der Waals surface area contributed by atoms with Crippen molar-refractivity contribution in [1.82, 2.24) is 9.80 Å². The van der Waals surface area contributed by atoms with E-state index in [9.17, 15) is 4.79 Å². The first-order valence-corrected chi connectivity index (χ1v) is 4.48. The molecule has 1 atom stereocenters. The molecule has 1 aliphatic rings. The lowest BCUT2D eigenvalue weighted by atomic mass is 10.1. The van der Waals surface area contributed by atoms with Crippen molar-refractivity contribution in [3.05, 3.63) is 0 Å². The molecule has 0 amide bonds. The van der Waals surface area contributed by atoms with Gasteiger partial charge in [0.05, 0.1) is 0 Å². The molecule has 0 aliphatic carbocycles. The second kappa shape index (κ2) is 4.01. The highest BCUT2D eigenvalue weighted by Gasteiger charge is 2.22. The van der Waals surface area contributed by atoms with Crippen LogP contribution in [0.25, 0.3) is 0 Å². The van der Waals surface area contributed by atoms with Crippen molar-refractivity contribution in [3.8, 4) is 0 Å². The first-order chi connectivity index (χ1) is 5.59. The SMILES string of the molecule is CC(=O)CC1CN(C)CCN1C. The smallest absolute Gasteiger partial charge is 0.131 e. The highest BCUT2D eigenvalue weighted by atomic mass is 16.1. The average molecular weight is 170 g/mol. The monoisotopic (exact) mass is 170 g/mol. The van der Waals surface area contributed by atoms with E-state index in [1.165, 1.54) is 0 Å². The van der Waals surface area contributed by atoms with Gasteiger partial charge in [-0.1, -0.05) is 0 Å². The van der Waals surface area contributed by atoms with E-state index in [2.05, 4.69) is 23.9 Å². The van der Waals surface area contributed by atoms with Gasteiger partial charge in [0.15, 0.2) is 0 Å².